The molecule has 1 fully saturated rings. The number of fused-ring (bicyclic) bond motifs is 1. The van der Waals surface area contributed by atoms with Crippen LogP contribution in [-0.2, 0) is 24.2 Å². The Morgan fingerprint density at radius 3 is 3.04 bits per heavy atom. The summed E-state index contributed by atoms with van der Waals surface area (Å²) in [7, 11) is 0. The summed E-state index contributed by atoms with van der Waals surface area (Å²) in [6, 6.07) is 2.23. The molecule has 128 valence electrons. The molecule has 1 atom stereocenters. The van der Waals surface area contributed by atoms with Crippen LogP contribution in [0.1, 0.15) is 61.8 Å². The second-order valence-corrected chi connectivity index (χ2v) is 7.59. The third-order valence-corrected chi connectivity index (χ3v) is 5.95. The molecule has 0 saturated carbocycles. The van der Waals surface area contributed by atoms with E-state index in [1.165, 1.54) is 24.8 Å². The van der Waals surface area contributed by atoms with Crippen molar-refractivity contribution in [2.75, 3.05) is 6.54 Å². The number of carbonyl (C=O) groups excluding carboxylic acids is 1. The van der Waals surface area contributed by atoms with Crippen molar-refractivity contribution in [1.29, 1.82) is 0 Å². The number of carbonyl (C=O) groups is 1. The summed E-state index contributed by atoms with van der Waals surface area (Å²) in [5.74, 6) is 2.39. The Bertz CT molecular complexity index is 694. The number of nitrogens with zero attached hydrogens (tertiary/aromatic N) is 4. The Balaban J connectivity index is 1.48. The number of thiophene rings is 1. The first-order valence-corrected chi connectivity index (χ1v) is 10.00. The van der Waals surface area contributed by atoms with E-state index in [-0.39, 0.29) is 11.9 Å². The minimum atomic E-state index is 0.124. The normalized spacial score (nSPS) is 20.8. The van der Waals surface area contributed by atoms with Crippen LogP contribution in [0.25, 0.3) is 0 Å². The summed E-state index contributed by atoms with van der Waals surface area (Å²) in [6.07, 6.45) is 8.18. The number of amides is 1. The van der Waals surface area contributed by atoms with Crippen molar-refractivity contribution in [2.24, 2.45) is 0 Å². The Morgan fingerprint density at radius 2 is 2.17 bits per heavy atom. The molecule has 4 heterocycles. The molecule has 0 unspecified atom stereocenters. The van der Waals surface area contributed by atoms with Gasteiger partial charge in [-0.25, -0.2) is 0 Å². The van der Waals surface area contributed by atoms with E-state index < -0.39 is 0 Å². The molecule has 2 aliphatic rings. The minimum absolute atomic E-state index is 0.124. The van der Waals surface area contributed by atoms with Gasteiger partial charge in [-0.2, -0.15) is 11.3 Å². The summed E-state index contributed by atoms with van der Waals surface area (Å²) in [5.41, 5.74) is 1.26. The van der Waals surface area contributed by atoms with E-state index in [0.717, 1.165) is 50.4 Å². The Kier molecular flexibility index (Phi) is 4.65. The van der Waals surface area contributed by atoms with Gasteiger partial charge >= 0.3 is 0 Å². The number of hydrogen-bond donors (Lipinski definition) is 0. The Labute approximate surface area is 146 Å². The summed E-state index contributed by atoms with van der Waals surface area (Å²) in [4.78, 5) is 14.8. The second-order valence-electron chi connectivity index (χ2n) is 6.81. The van der Waals surface area contributed by atoms with Crippen LogP contribution in [-0.4, -0.2) is 32.1 Å². The fourth-order valence-electron chi connectivity index (χ4n) is 3.92. The van der Waals surface area contributed by atoms with Crippen molar-refractivity contribution >= 4 is 17.2 Å². The minimum Gasteiger partial charge on any atom is -0.332 e. The van der Waals surface area contributed by atoms with Gasteiger partial charge in [0, 0.05) is 25.9 Å². The Morgan fingerprint density at radius 1 is 1.21 bits per heavy atom. The van der Waals surface area contributed by atoms with Crippen molar-refractivity contribution < 1.29 is 4.79 Å². The maximum Gasteiger partial charge on any atom is 0.223 e. The third-order valence-electron chi connectivity index (χ3n) is 5.22. The quantitative estimate of drug-likeness (QED) is 0.854. The lowest BCUT2D eigenvalue weighted by Crippen LogP contribution is -2.32. The highest BCUT2D eigenvalue weighted by atomic mass is 32.1. The molecule has 0 bridgehead atoms. The van der Waals surface area contributed by atoms with Crippen molar-refractivity contribution in [3.63, 3.8) is 0 Å². The standard InChI is InChI=1S/C18H24N4OS/c23-17(8-7-14-9-12-24-13-14)21-11-4-5-15(21)18-20-19-16-6-2-1-3-10-22(16)18/h9,12-13,15H,1-8,10-11H2/t15-/m1/s1. The van der Waals surface area contributed by atoms with Crippen molar-refractivity contribution in [3.8, 4) is 0 Å². The van der Waals surface area contributed by atoms with Crippen LogP contribution in [0, 0.1) is 0 Å². The second kappa shape index (κ2) is 7.05. The highest BCUT2D eigenvalue weighted by molar-refractivity contribution is 7.07. The number of aryl methyl sites for hydroxylation is 2. The zero-order valence-electron chi connectivity index (χ0n) is 14.0. The van der Waals surface area contributed by atoms with Gasteiger partial charge in [0.25, 0.3) is 0 Å². The average Bonchev–Trinajstić information content (AvgIpc) is 3.31. The first-order chi connectivity index (χ1) is 11.8. The van der Waals surface area contributed by atoms with Crippen LogP contribution in [0.15, 0.2) is 16.8 Å². The summed E-state index contributed by atoms with van der Waals surface area (Å²) >= 11 is 1.69. The van der Waals surface area contributed by atoms with Gasteiger partial charge in [0.1, 0.15) is 5.82 Å². The molecule has 5 nitrogen and oxygen atoms in total. The molecule has 1 saturated heterocycles. The number of hydrogen-bond acceptors (Lipinski definition) is 4. The van der Waals surface area contributed by atoms with Gasteiger partial charge in [-0.3, -0.25) is 4.79 Å². The van der Waals surface area contributed by atoms with Crippen molar-refractivity contribution in [3.05, 3.63) is 34.0 Å². The van der Waals surface area contributed by atoms with Crippen molar-refractivity contribution in [1.82, 2.24) is 19.7 Å². The van der Waals surface area contributed by atoms with E-state index in [2.05, 4.69) is 36.5 Å². The third kappa shape index (κ3) is 3.11. The number of likely N-dealkylation sites (tertiary alicyclic amines) is 1. The highest BCUT2D eigenvalue weighted by Gasteiger charge is 2.34. The van der Waals surface area contributed by atoms with Gasteiger partial charge < -0.3 is 9.47 Å². The zero-order chi connectivity index (χ0) is 16.4. The monoisotopic (exact) mass is 344 g/mol. The lowest BCUT2D eigenvalue weighted by molar-refractivity contribution is -0.132. The SMILES string of the molecule is O=C(CCc1ccsc1)N1CCC[C@@H]1c1nnc2n1CCCCC2. The maximum atomic E-state index is 12.8. The van der Waals surface area contributed by atoms with Gasteiger partial charge in [-0.05, 0) is 54.5 Å². The number of aromatic nitrogens is 3. The van der Waals surface area contributed by atoms with Crippen LogP contribution in [0.4, 0.5) is 0 Å². The molecule has 0 spiro atoms. The molecular weight excluding hydrogens is 320 g/mol. The summed E-state index contributed by atoms with van der Waals surface area (Å²) in [5, 5.41) is 13.1. The molecule has 4 rings (SSSR count). The van der Waals surface area contributed by atoms with Crippen LogP contribution < -0.4 is 0 Å². The molecule has 2 aromatic heterocycles. The van der Waals surface area contributed by atoms with E-state index in [0.29, 0.717) is 6.42 Å². The maximum absolute atomic E-state index is 12.8. The van der Waals surface area contributed by atoms with Crippen LogP contribution in [0.2, 0.25) is 0 Å². The molecule has 1 amide bonds. The summed E-state index contributed by atoms with van der Waals surface area (Å²) in [6.45, 7) is 1.86. The van der Waals surface area contributed by atoms with E-state index in [1.54, 1.807) is 11.3 Å². The predicted octanol–water partition coefficient (Wildman–Crippen LogP) is 3.36. The molecule has 2 aromatic rings. The zero-order valence-corrected chi connectivity index (χ0v) is 14.8. The first kappa shape index (κ1) is 15.8. The van der Waals surface area contributed by atoms with Gasteiger partial charge in [-0.15, -0.1) is 10.2 Å². The van der Waals surface area contributed by atoms with Crippen LogP contribution in [0.5, 0.6) is 0 Å². The van der Waals surface area contributed by atoms with E-state index >= 15 is 0 Å². The van der Waals surface area contributed by atoms with Gasteiger partial charge in [0.2, 0.25) is 5.91 Å². The van der Waals surface area contributed by atoms with Gasteiger partial charge in [-0.1, -0.05) is 6.42 Å². The van der Waals surface area contributed by atoms with Crippen LogP contribution in [0.3, 0.4) is 0 Å². The molecule has 6 heteroatoms. The molecule has 24 heavy (non-hydrogen) atoms. The van der Waals surface area contributed by atoms with E-state index in [9.17, 15) is 4.79 Å². The lowest BCUT2D eigenvalue weighted by Gasteiger charge is -2.24. The molecule has 2 aliphatic heterocycles. The molecule has 0 aromatic carbocycles. The smallest absolute Gasteiger partial charge is 0.223 e. The largest absolute Gasteiger partial charge is 0.332 e. The van der Waals surface area contributed by atoms with Crippen LogP contribution >= 0.6 is 11.3 Å². The highest BCUT2D eigenvalue weighted by Crippen LogP contribution is 2.33. The Hall–Kier alpha value is -1.69. The van der Waals surface area contributed by atoms with Gasteiger partial charge in [0.15, 0.2) is 5.82 Å². The molecule has 0 N–H and O–H groups in total. The van der Waals surface area contributed by atoms with Crippen molar-refractivity contribution in [2.45, 2.75) is 64.0 Å². The molecule has 0 aliphatic carbocycles. The van der Waals surface area contributed by atoms with Gasteiger partial charge in [0.05, 0.1) is 6.04 Å². The lowest BCUT2D eigenvalue weighted by atomic mass is 10.1. The fourth-order valence-corrected chi connectivity index (χ4v) is 4.62. The fraction of sp³-hybridized carbons (Fsp3) is 0.611. The average molecular weight is 344 g/mol. The topological polar surface area (TPSA) is 51.0 Å². The predicted molar refractivity (Wildman–Crippen MR) is 93.9 cm³/mol. The summed E-state index contributed by atoms with van der Waals surface area (Å²) < 4.78 is 2.29. The van der Waals surface area contributed by atoms with E-state index in [4.69, 9.17) is 0 Å². The molecule has 0 radical (unpaired) electrons. The number of rotatable bonds is 4. The molecular formula is C18H24N4OS. The first-order valence-electron chi connectivity index (χ1n) is 9.05. The van der Waals surface area contributed by atoms with E-state index in [1.807, 2.05) is 0 Å².